The summed E-state index contributed by atoms with van der Waals surface area (Å²) in [5.41, 5.74) is 0.492. The number of hydrogen-bond acceptors (Lipinski definition) is 5. The molecule has 140 valence electrons. The molecule has 1 atom stereocenters. The minimum absolute atomic E-state index is 0.326. The van der Waals surface area contributed by atoms with E-state index in [1.54, 1.807) is 30.3 Å². The number of carboxylic acids is 1. The van der Waals surface area contributed by atoms with Crippen LogP contribution in [0.25, 0.3) is 0 Å². The standard InChI is InChI=1S/C20H19FN2O3S/c21-15-3-1-4-16(12-15)27-19-11-14(13-22)6-7-18(19)26-10-9-23-8-2-5-17(23)20(24)25/h1,3-4,6-7,11-12,17H,2,5,8-10H2,(H,24,25)/t17-/m0/s1. The van der Waals surface area contributed by atoms with Crippen molar-refractivity contribution in [3.63, 3.8) is 0 Å². The molecule has 2 aromatic carbocycles. The Hall–Kier alpha value is -2.56. The predicted octanol–water partition coefficient (Wildman–Crippen LogP) is 3.78. The minimum Gasteiger partial charge on any atom is -0.491 e. The molecule has 1 fully saturated rings. The van der Waals surface area contributed by atoms with E-state index in [1.807, 2.05) is 4.90 Å². The van der Waals surface area contributed by atoms with Gasteiger partial charge < -0.3 is 9.84 Å². The van der Waals surface area contributed by atoms with E-state index in [2.05, 4.69) is 6.07 Å². The third-order valence-corrected chi connectivity index (χ3v) is 5.41. The number of halogens is 1. The van der Waals surface area contributed by atoms with Crippen LogP contribution in [0.1, 0.15) is 18.4 Å². The molecule has 7 heteroatoms. The number of nitrogens with zero attached hydrogens (tertiary/aromatic N) is 2. The van der Waals surface area contributed by atoms with Gasteiger partial charge in [-0.3, -0.25) is 9.69 Å². The number of rotatable bonds is 7. The van der Waals surface area contributed by atoms with Crippen molar-refractivity contribution >= 4 is 17.7 Å². The molecule has 0 spiro atoms. The second-order valence-electron chi connectivity index (χ2n) is 6.21. The van der Waals surface area contributed by atoms with Crippen molar-refractivity contribution in [2.24, 2.45) is 0 Å². The van der Waals surface area contributed by atoms with Crippen LogP contribution in [0.2, 0.25) is 0 Å². The number of nitriles is 1. The summed E-state index contributed by atoms with van der Waals surface area (Å²) in [5, 5.41) is 18.4. The summed E-state index contributed by atoms with van der Waals surface area (Å²) in [7, 11) is 0. The van der Waals surface area contributed by atoms with Gasteiger partial charge in [0.2, 0.25) is 0 Å². The normalized spacial score (nSPS) is 16.8. The summed E-state index contributed by atoms with van der Waals surface area (Å²) >= 11 is 1.32. The van der Waals surface area contributed by atoms with Crippen LogP contribution >= 0.6 is 11.8 Å². The molecule has 2 aromatic rings. The van der Waals surface area contributed by atoms with Crippen molar-refractivity contribution in [1.29, 1.82) is 5.26 Å². The topological polar surface area (TPSA) is 73.6 Å². The Labute approximate surface area is 161 Å². The van der Waals surface area contributed by atoms with Crippen molar-refractivity contribution in [3.05, 3.63) is 53.8 Å². The summed E-state index contributed by atoms with van der Waals surface area (Å²) in [5.74, 6) is -0.532. The third kappa shape index (κ3) is 5.00. The monoisotopic (exact) mass is 386 g/mol. The maximum Gasteiger partial charge on any atom is 0.320 e. The van der Waals surface area contributed by atoms with Crippen molar-refractivity contribution in [1.82, 2.24) is 4.90 Å². The third-order valence-electron chi connectivity index (χ3n) is 4.38. The first kappa shape index (κ1) is 19.2. The molecule has 0 bridgehead atoms. The van der Waals surface area contributed by atoms with Gasteiger partial charge in [0, 0.05) is 11.4 Å². The first-order valence-corrected chi connectivity index (χ1v) is 9.45. The quantitative estimate of drug-likeness (QED) is 0.781. The molecule has 3 rings (SSSR count). The Morgan fingerprint density at radius 2 is 2.22 bits per heavy atom. The summed E-state index contributed by atoms with van der Waals surface area (Å²) in [6, 6.07) is 13.0. The van der Waals surface area contributed by atoms with Gasteiger partial charge in [0.05, 0.1) is 16.5 Å². The molecule has 5 nitrogen and oxygen atoms in total. The molecule has 0 saturated carbocycles. The van der Waals surface area contributed by atoms with E-state index < -0.39 is 12.0 Å². The fraction of sp³-hybridized carbons (Fsp3) is 0.300. The smallest absolute Gasteiger partial charge is 0.320 e. The summed E-state index contributed by atoms with van der Waals surface area (Å²) in [6.45, 7) is 1.60. The van der Waals surface area contributed by atoms with Gasteiger partial charge in [-0.15, -0.1) is 0 Å². The number of benzene rings is 2. The Morgan fingerprint density at radius 3 is 2.96 bits per heavy atom. The molecule has 0 aliphatic carbocycles. The Bertz CT molecular complexity index is 869. The maximum absolute atomic E-state index is 13.4. The number of hydrogen-bond donors (Lipinski definition) is 1. The van der Waals surface area contributed by atoms with Gasteiger partial charge in [0.15, 0.2) is 0 Å². The molecule has 1 saturated heterocycles. The molecule has 1 heterocycles. The zero-order valence-electron chi connectivity index (χ0n) is 14.6. The average molecular weight is 386 g/mol. The molecule has 0 radical (unpaired) electrons. The number of ether oxygens (including phenoxy) is 1. The van der Waals surface area contributed by atoms with Crippen molar-refractivity contribution in [3.8, 4) is 11.8 Å². The SMILES string of the molecule is N#Cc1ccc(OCCN2CCC[C@H]2C(=O)O)c(Sc2cccc(F)c2)c1. The molecular formula is C20H19FN2O3S. The number of likely N-dealkylation sites (tertiary alicyclic amines) is 1. The Balaban J connectivity index is 1.69. The Morgan fingerprint density at radius 1 is 1.37 bits per heavy atom. The van der Waals surface area contributed by atoms with Crippen LogP contribution in [0.3, 0.4) is 0 Å². The molecule has 1 N–H and O–H groups in total. The highest BCUT2D eigenvalue weighted by atomic mass is 32.2. The van der Waals surface area contributed by atoms with Gasteiger partial charge in [-0.1, -0.05) is 17.8 Å². The van der Waals surface area contributed by atoms with E-state index in [9.17, 15) is 14.3 Å². The number of aliphatic carboxylic acids is 1. The zero-order valence-corrected chi connectivity index (χ0v) is 15.4. The highest BCUT2D eigenvalue weighted by Crippen LogP contribution is 2.36. The summed E-state index contributed by atoms with van der Waals surface area (Å²) in [6.07, 6.45) is 1.53. The highest BCUT2D eigenvalue weighted by Gasteiger charge is 2.30. The molecular weight excluding hydrogens is 367 g/mol. The van der Waals surface area contributed by atoms with E-state index in [0.29, 0.717) is 35.8 Å². The molecule has 0 unspecified atom stereocenters. The second kappa shape index (κ2) is 8.89. The maximum atomic E-state index is 13.4. The summed E-state index contributed by atoms with van der Waals surface area (Å²) in [4.78, 5) is 14.6. The van der Waals surface area contributed by atoms with E-state index >= 15 is 0 Å². The first-order chi connectivity index (χ1) is 13.1. The lowest BCUT2D eigenvalue weighted by Crippen LogP contribution is -2.38. The first-order valence-electron chi connectivity index (χ1n) is 8.64. The fourth-order valence-corrected chi connectivity index (χ4v) is 4.07. The van der Waals surface area contributed by atoms with Crippen LogP contribution in [0, 0.1) is 17.1 Å². The van der Waals surface area contributed by atoms with E-state index in [1.165, 1.54) is 23.9 Å². The lowest BCUT2D eigenvalue weighted by atomic mass is 10.2. The van der Waals surface area contributed by atoms with E-state index in [-0.39, 0.29) is 5.82 Å². The van der Waals surface area contributed by atoms with Gasteiger partial charge >= 0.3 is 5.97 Å². The Kier molecular flexibility index (Phi) is 6.32. The van der Waals surface area contributed by atoms with E-state index in [0.717, 1.165) is 17.9 Å². The van der Waals surface area contributed by atoms with E-state index in [4.69, 9.17) is 10.00 Å². The van der Waals surface area contributed by atoms with Crippen LogP contribution in [0.4, 0.5) is 4.39 Å². The highest BCUT2D eigenvalue weighted by molar-refractivity contribution is 7.99. The van der Waals surface area contributed by atoms with Gasteiger partial charge in [-0.25, -0.2) is 4.39 Å². The lowest BCUT2D eigenvalue weighted by molar-refractivity contribution is -0.142. The van der Waals surface area contributed by atoms with Gasteiger partial charge in [0.25, 0.3) is 0 Å². The van der Waals surface area contributed by atoms with Gasteiger partial charge in [-0.2, -0.15) is 5.26 Å². The molecule has 0 amide bonds. The van der Waals surface area contributed by atoms with Crippen LogP contribution < -0.4 is 4.74 Å². The van der Waals surface area contributed by atoms with Crippen molar-refractivity contribution in [2.75, 3.05) is 19.7 Å². The van der Waals surface area contributed by atoms with Crippen LogP contribution in [-0.4, -0.2) is 41.7 Å². The van der Waals surface area contributed by atoms with Gasteiger partial charge in [-0.05, 0) is 55.8 Å². The second-order valence-corrected chi connectivity index (χ2v) is 7.33. The van der Waals surface area contributed by atoms with Crippen LogP contribution in [-0.2, 0) is 4.79 Å². The fourth-order valence-electron chi connectivity index (χ4n) is 3.08. The predicted molar refractivity (Wildman–Crippen MR) is 99.4 cm³/mol. The molecule has 1 aliphatic rings. The van der Waals surface area contributed by atoms with Crippen molar-refractivity contribution in [2.45, 2.75) is 28.7 Å². The summed E-state index contributed by atoms with van der Waals surface area (Å²) < 4.78 is 19.3. The average Bonchev–Trinajstić information content (AvgIpc) is 3.12. The molecule has 27 heavy (non-hydrogen) atoms. The lowest BCUT2D eigenvalue weighted by Gasteiger charge is -2.21. The molecule has 1 aliphatic heterocycles. The van der Waals surface area contributed by atoms with Crippen molar-refractivity contribution < 1.29 is 19.0 Å². The zero-order chi connectivity index (χ0) is 19.2. The number of carboxylic acid groups (broad SMARTS) is 1. The van der Waals surface area contributed by atoms with Crippen LogP contribution in [0.15, 0.2) is 52.3 Å². The minimum atomic E-state index is -0.798. The van der Waals surface area contributed by atoms with Crippen LogP contribution in [0.5, 0.6) is 5.75 Å². The molecule has 0 aromatic heterocycles. The largest absolute Gasteiger partial charge is 0.491 e. The number of carbonyl (C=O) groups is 1. The van der Waals surface area contributed by atoms with Gasteiger partial charge in [0.1, 0.15) is 24.2 Å².